The van der Waals surface area contributed by atoms with Crippen molar-refractivity contribution in [3.63, 3.8) is 0 Å². The van der Waals surface area contributed by atoms with E-state index in [1.165, 1.54) is 28.6 Å². The van der Waals surface area contributed by atoms with Gasteiger partial charge in [-0.15, -0.1) is 0 Å². The molecule has 2 fully saturated rings. The molecular weight excluding hydrogens is 394 g/mol. The number of carbonyl (C=O) groups excluding carboxylic acids is 2. The summed E-state index contributed by atoms with van der Waals surface area (Å²) in [6, 6.07) is 4.67. The number of amides is 1. The maximum Gasteiger partial charge on any atom is 0.316 e. The van der Waals surface area contributed by atoms with Gasteiger partial charge >= 0.3 is 5.97 Å². The van der Waals surface area contributed by atoms with E-state index in [1.54, 1.807) is 0 Å². The Kier molecular flexibility index (Phi) is 5.91. The topological polar surface area (TPSA) is 145 Å². The molecule has 1 N–H and O–H groups in total. The molecule has 2 aliphatic rings. The minimum absolute atomic E-state index is 0.0957. The summed E-state index contributed by atoms with van der Waals surface area (Å²) < 4.78 is 36.3. The molecule has 1 heterocycles. The molecule has 2 atom stereocenters. The number of sulfonamides is 1. The molecule has 1 aromatic rings. The highest BCUT2D eigenvalue weighted by atomic mass is 32.2. The first kappa shape index (κ1) is 20.2. The zero-order chi connectivity index (χ0) is 20.3. The molecule has 28 heavy (non-hydrogen) atoms. The van der Waals surface area contributed by atoms with Gasteiger partial charge in [-0.3, -0.25) is 19.7 Å². The number of nitro groups is 1. The van der Waals surface area contributed by atoms with Crippen LogP contribution >= 0.6 is 0 Å². The van der Waals surface area contributed by atoms with Crippen LogP contribution in [0.25, 0.3) is 0 Å². The van der Waals surface area contributed by atoms with E-state index in [0.29, 0.717) is 18.9 Å². The van der Waals surface area contributed by atoms with Crippen LogP contribution in [0.2, 0.25) is 0 Å². The van der Waals surface area contributed by atoms with Crippen LogP contribution in [0.3, 0.4) is 0 Å². The Bertz CT molecular complexity index is 864. The Morgan fingerprint density at radius 3 is 2.46 bits per heavy atom. The van der Waals surface area contributed by atoms with E-state index < -0.39 is 45.4 Å². The smallest absolute Gasteiger partial charge is 0.316 e. The SMILES string of the molecule is O=C(COC(=O)[C@H]1C[C@@H]1[N+](=O)[O-])Nc1ccc(S(=O)(=O)N2CCOCC2)cc1. The van der Waals surface area contributed by atoms with E-state index in [2.05, 4.69) is 5.32 Å². The summed E-state index contributed by atoms with van der Waals surface area (Å²) in [5, 5.41) is 13.0. The fourth-order valence-electron chi connectivity index (χ4n) is 2.75. The van der Waals surface area contributed by atoms with Gasteiger partial charge in [-0.2, -0.15) is 4.31 Å². The van der Waals surface area contributed by atoms with E-state index in [0.717, 1.165) is 0 Å². The van der Waals surface area contributed by atoms with E-state index in [4.69, 9.17) is 9.47 Å². The first-order chi connectivity index (χ1) is 13.3. The molecule has 1 saturated heterocycles. The van der Waals surface area contributed by atoms with Crippen molar-refractivity contribution in [1.82, 2.24) is 4.31 Å². The van der Waals surface area contributed by atoms with E-state index in [-0.39, 0.29) is 24.4 Å². The maximum atomic E-state index is 12.5. The lowest BCUT2D eigenvalue weighted by Gasteiger charge is -2.26. The minimum Gasteiger partial charge on any atom is -0.455 e. The zero-order valence-corrected chi connectivity index (χ0v) is 15.6. The Morgan fingerprint density at radius 1 is 1.25 bits per heavy atom. The van der Waals surface area contributed by atoms with Crippen LogP contribution in [0.15, 0.2) is 29.2 Å². The molecular formula is C16H19N3O8S. The molecule has 12 heteroatoms. The third kappa shape index (κ3) is 4.64. The van der Waals surface area contributed by atoms with Gasteiger partial charge in [0.2, 0.25) is 16.1 Å². The van der Waals surface area contributed by atoms with Gasteiger partial charge in [0.15, 0.2) is 6.61 Å². The first-order valence-corrected chi connectivity index (χ1v) is 10.0. The molecule has 0 unspecified atom stereocenters. The average Bonchev–Trinajstić information content (AvgIpc) is 3.48. The van der Waals surface area contributed by atoms with Gasteiger partial charge in [0.05, 0.1) is 18.1 Å². The van der Waals surface area contributed by atoms with Gasteiger partial charge in [0.1, 0.15) is 5.92 Å². The summed E-state index contributed by atoms with van der Waals surface area (Å²) >= 11 is 0. The van der Waals surface area contributed by atoms with Crippen LogP contribution in [0.1, 0.15) is 6.42 Å². The highest BCUT2D eigenvalue weighted by molar-refractivity contribution is 7.89. The van der Waals surface area contributed by atoms with Crippen LogP contribution < -0.4 is 5.32 Å². The second kappa shape index (κ2) is 8.20. The monoisotopic (exact) mass is 413 g/mol. The van der Waals surface area contributed by atoms with Crippen LogP contribution in [-0.2, 0) is 29.1 Å². The summed E-state index contributed by atoms with van der Waals surface area (Å²) in [5.41, 5.74) is 0.330. The van der Waals surface area contributed by atoms with E-state index in [9.17, 15) is 28.1 Å². The van der Waals surface area contributed by atoms with Gasteiger partial charge in [0.25, 0.3) is 5.91 Å². The Balaban J connectivity index is 1.50. The second-order valence-corrected chi connectivity index (χ2v) is 8.33. The molecule has 0 radical (unpaired) electrons. The number of benzene rings is 1. The van der Waals surface area contributed by atoms with Crippen molar-refractivity contribution in [3.05, 3.63) is 34.4 Å². The normalized spacial score (nSPS) is 22.3. The van der Waals surface area contributed by atoms with Crippen molar-refractivity contribution >= 4 is 27.6 Å². The summed E-state index contributed by atoms with van der Waals surface area (Å²) in [6.45, 7) is 0.674. The quantitative estimate of drug-likeness (QED) is 0.369. The molecule has 1 amide bonds. The fraction of sp³-hybridized carbons (Fsp3) is 0.500. The number of anilines is 1. The number of carbonyl (C=O) groups is 2. The van der Waals surface area contributed by atoms with Gasteiger partial charge < -0.3 is 14.8 Å². The Morgan fingerprint density at radius 2 is 1.89 bits per heavy atom. The lowest BCUT2D eigenvalue weighted by molar-refractivity contribution is -0.497. The number of nitrogens with one attached hydrogen (secondary N) is 1. The predicted octanol–water partition coefficient (Wildman–Crippen LogP) is -0.146. The standard InChI is InChI=1S/C16H19N3O8S/c20-15(10-27-16(21)13-9-14(13)19(22)23)17-11-1-3-12(4-2-11)28(24,25)18-5-7-26-8-6-18/h1-4,13-14H,5-10H2,(H,17,20)/t13-,14-/m0/s1. The number of hydrogen-bond acceptors (Lipinski definition) is 8. The number of rotatable bonds is 7. The number of ether oxygens (including phenoxy) is 2. The Labute approximate surface area is 160 Å². The molecule has 1 aliphatic carbocycles. The van der Waals surface area contributed by atoms with Crippen molar-refractivity contribution in [2.45, 2.75) is 17.4 Å². The molecule has 0 spiro atoms. The summed E-state index contributed by atoms with van der Waals surface area (Å²) in [5.74, 6) is -2.20. The molecule has 1 aromatic carbocycles. The fourth-order valence-corrected chi connectivity index (χ4v) is 4.16. The zero-order valence-electron chi connectivity index (χ0n) is 14.8. The summed E-state index contributed by atoms with van der Waals surface area (Å²) in [6.07, 6.45) is 0.118. The van der Waals surface area contributed by atoms with Crippen molar-refractivity contribution in [2.24, 2.45) is 5.92 Å². The molecule has 0 aromatic heterocycles. The van der Waals surface area contributed by atoms with E-state index in [1.807, 2.05) is 0 Å². The highest BCUT2D eigenvalue weighted by Gasteiger charge is 2.54. The largest absolute Gasteiger partial charge is 0.455 e. The van der Waals surface area contributed by atoms with Gasteiger partial charge in [-0.25, -0.2) is 8.42 Å². The first-order valence-electron chi connectivity index (χ1n) is 8.57. The molecule has 1 saturated carbocycles. The van der Waals surface area contributed by atoms with Gasteiger partial charge in [0, 0.05) is 30.1 Å². The second-order valence-electron chi connectivity index (χ2n) is 6.39. The van der Waals surface area contributed by atoms with Crippen LogP contribution in [-0.4, -0.2) is 68.5 Å². The lowest BCUT2D eigenvalue weighted by atomic mass is 10.3. The highest BCUT2D eigenvalue weighted by Crippen LogP contribution is 2.34. The predicted molar refractivity (Wildman–Crippen MR) is 94.5 cm³/mol. The van der Waals surface area contributed by atoms with Crippen molar-refractivity contribution in [3.8, 4) is 0 Å². The van der Waals surface area contributed by atoms with Crippen molar-refractivity contribution in [1.29, 1.82) is 0 Å². The average molecular weight is 413 g/mol. The summed E-state index contributed by atoms with van der Waals surface area (Å²) in [4.78, 5) is 33.5. The van der Waals surface area contributed by atoms with Crippen LogP contribution in [0, 0.1) is 16.0 Å². The van der Waals surface area contributed by atoms with Gasteiger partial charge in [-0.05, 0) is 24.3 Å². The lowest BCUT2D eigenvalue weighted by Crippen LogP contribution is -2.40. The van der Waals surface area contributed by atoms with Crippen molar-refractivity contribution < 1.29 is 32.4 Å². The third-order valence-corrected chi connectivity index (χ3v) is 6.33. The molecule has 1 aliphatic heterocycles. The number of esters is 1. The minimum atomic E-state index is -3.63. The number of hydrogen-bond donors (Lipinski definition) is 1. The van der Waals surface area contributed by atoms with Crippen LogP contribution in [0.5, 0.6) is 0 Å². The summed E-state index contributed by atoms with van der Waals surface area (Å²) in [7, 11) is -3.63. The number of morpholine rings is 1. The van der Waals surface area contributed by atoms with E-state index >= 15 is 0 Å². The van der Waals surface area contributed by atoms with Crippen LogP contribution in [0.4, 0.5) is 5.69 Å². The van der Waals surface area contributed by atoms with Gasteiger partial charge in [-0.1, -0.05) is 0 Å². The molecule has 3 rings (SSSR count). The third-order valence-electron chi connectivity index (χ3n) is 4.42. The van der Waals surface area contributed by atoms with Crippen molar-refractivity contribution in [2.75, 3.05) is 38.2 Å². The number of nitrogens with zero attached hydrogens (tertiary/aromatic N) is 2. The maximum absolute atomic E-state index is 12.5. The molecule has 11 nitrogen and oxygen atoms in total. The Hall–Kier alpha value is -2.57. The molecule has 152 valence electrons. The molecule has 0 bridgehead atoms.